The zero-order valence-electron chi connectivity index (χ0n) is 5.29. The summed E-state index contributed by atoms with van der Waals surface area (Å²) in [5.41, 5.74) is 0. The van der Waals surface area contributed by atoms with Crippen molar-refractivity contribution < 1.29 is 30.1 Å². The number of hydrogen-bond donors (Lipinski definition) is 0. The van der Waals surface area contributed by atoms with Gasteiger partial charge < -0.3 is 4.79 Å². The van der Waals surface area contributed by atoms with Gasteiger partial charge in [0.2, 0.25) is 0 Å². The van der Waals surface area contributed by atoms with Gasteiger partial charge in [-0.2, -0.15) is 0 Å². The van der Waals surface area contributed by atoms with Crippen molar-refractivity contribution in [3.8, 4) is 0 Å². The molecule has 0 aromatic carbocycles. The third-order valence-corrected chi connectivity index (χ3v) is 1.19. The average Bonchev–Trinajstić information content (AvgIpc) is 1.59. The maximum atomic E-state index is 10.6. The van der Waals surface area contributed by atoms with E-state index in [0.29, 0.717) is 0 Å². The molecule has 0 saturated heterocycles. The van der Waals surface area contributed by atoms with Crippen LogP contribution >= 0.6 is 0 Å². The maximum absolute atomic E-state index is 10.6. The first kappa shape index (κ1) is 12.0. The first-order valence-electron chi connectivity index (χ1n) is 2.04. The molecule has 0 unspecified atom stereocenters. The van der Waals surface area contributed by atoms with Crippen LogP contribution in [0.1, 0.15) is 0 Å². The van der Waals surface area contributed by atoms with Gasteiger partial charge in [0.25, 0.3) is 0 Å². The first-order chi connectivity index (χ1) is 3.56. The van der Waals surface area contributed by atoms with Crippen LogP contribution < -0.4 is 0 Å². The van der Waals surface area contributed by atoms with Crippen LogP contribution in [0.4, 0.5) is 0 Å². The molecular weight excluding hydrogens is 310 g/mol. The van der Waals surface area contributed by atoms with E-state index in [4.69, 9.17) is 0 Å². The zero-order chi connectivity index (χ0) is 6.62. The molecule has 3 nitrogen and oxygen atoms in total. The molecule has 0 radical (unpaired) electrons. The van der Waals surface area contributed by atoms with Gasteiger partial charge in [0.15, 0.2) is 0 Å². The Hall–Kier alpha value is 0.308. The van der Waals surface area contributed by atoms with Crippen molar-refractivity contribution in [3.05, 3.63) is 0 Å². The molecule has 0 atom stereocenters. The van der Waals surface area contributed by atoms with Gasteiger partial charge in [0.05, 0.1) is 0 Å². The third kappa shape index (κ3) is 11.7. The van der Waals surface area contributed by atoms with Gasteiger partial charge in [-0.15, -0.1) is 0 Å². The predicted octanol–water partition coefficient (Wildman–Crippen LogP) is -0.179. The van der Waals surface area contributed by atoms with Crippen molar-refractivity contribution in [3.63, 3.8) is 0 Å². The molecule has 0 fully saturated rings. The van der Waals surface area contributed by atoms with E-state index in [9.17, 15) is 9.00 Å². The normalized spacial score (nSPS) is 9.56. The minimum atomic E-state index is -2.07. The van der Waals surface area contributed by atoms with Crippen molar-refractivity contribution in [2.45, 2.75) is 0 Å². The van der Waals surface area contributed by atoms with E-state index >= 15 is 0 Å². The van der Waals surface area contributed by atoms with Crippen molar-refractivity contribution in [2.75, 3.05) is 19.1 Å². The van der Waals surface area contributed by atoms with E-state index in [1.165, 1.54) is 18.8 Å². The van der Waals surface area contributed by atoms with Crippen LogP contribution in [0.25, 0.3) is 0 Å². The Balaban J connectivity index is 0. The first-order valence-corrected chi connectivity index (χ1v) is 4.37. The quantitative estimate of drug-likeness (QED) is 0.663. The molecule has 0 aliphatic rings. The van der Waals surface area contributed by atoms with Gasteiger partial charge in [-0.3, -0.25) is 8.57 Å². The second-order valence-electron chi connectivity index (χ2n) is 1.61. The molecule has 0 heterocycles. The maximum Gasteiger partial charge on any atom is 0.0386 e. The van der Waals surface area contributed by atoms with Crippen LogP contribution in [0.2, 0.25) is 0 Å². The minimum Gasteiger partial charge on any atom is -0.540 e. The van der Waals surface area contributed by atoms with Crippen LogP contribution in [0.3, 0.4) is 0 Å². The average molecular weight is 318 g/mol. The molecule has 0 rings (SSSR count). The summed E-state index contributed by atoms with van der Waals surface area (Å²) in [5.74, 6) is 0. The number of nitrogens with zero attached hydrogens (tertiary/aromatic N) is 1. The molecule has 5 heteroatoms. The molecule has 0 N–H and O–H groups in total. The fourth-order valence-corrected chi connectivity index (χ4v) is 0.545. The van der Waals surface area contributed by atoms with Gasteiger partial charge in [-0.25, -0.2) is 6.29 Å². The largest absolute Gasteiger partial charge is 0.540 e. The monoisotopic (exact) mass is 318 g/mol. The van der Waals surface area contributed by atoms with Crippen molar-refractivity contribution in [1.82, 2.24) is 0 Å². The molecule has 0 saturated carbocycles. The Labute approximate surface area is 69.7 Å². The summed E-state index contributed by atoms with van der Waals surface area (Å²) >= 11 is 0. The number of hydrogen-bond acceptors (Lipinski definition) is 3. The van der Waals surface area contributed by atoms with Crippen LogP contribution in [-0.2, 0) is 35.6 Å². The van der Waals surface area contributed by atoms with Crippen molar-refractivity contribution in [1.29, 1.82) is 0 Å². The summed E-state index contributed by atoms with van der Waals surface area (Å²) in [7, 11) is -2.07. The van der Waals surface area contributed by atoms with Crippen molar-refractivity contribution in [2.24, 2.45) is 4.36 Å². The van der Waals surface area contributed by atoms with Gasteiger partial charge in [-0.1, -0.05) is 0 Å². The fraction of sp³-hybridized carbons (Fsp3) is 0.750. The Morgan fingerprint density at radius 3 is 2.11 bits per heavy atom. The second kappa shape index (κ2) is 5.12. The molecule has 0 amide bonds. The number of rotatable bonds is 2. The van der Waals surface area contributed by atoms with Crippen molar-refractivity contribution >= 4 is 16.0 Å². The molecule has 0 aliphatic carbocycles. The van der Waals surface area contributed by atoms with E-state index in [2.05, 4.69) is 4.36 Å². The second-order valence-corrected chi connectivity index (χ2v) is 4.23. The molecule has 9 heavy (non-hydrogen) atoms. The van der Waals surface area contributed by atoms with E-state index < -0.39 is 9.73 Å². The van der Waals surface area contributed by atoms with Gasteiger partial charge in [-0.05, 0) is 6.54 Å². The number of carbonyl (C=O) groups excluding carboxylic acids is 1. The van der Waals surface area contributed by atoms with Crippen LogP contribution in [0, 0.1) is 0 Å². The molecule has 0 aromatic heterocycles. The predicted molar refractivity (Wildman–Crippen MR) is 33.0 cm³/mol. The van der Waals surface area contributed by atoms with Gasteiger partial charge in [0.1, 0.15) is 0 Å². The fourth-order valence-electron chi connectivity index (χ4n) is 0.182. The summed E-state index contributed by atoms with van der Waals surface area (Å²) in [6, 6.07) is 0. The van der Waals surface area contributed by atoms with Gasteiger partial charge >= 0.3 is 0 Å². The molecule has 54 valence electrons. The smallest absolute Gasteiger partial charge is 0.0386 e. The third-order valence-electron chi connectivity index (χ3n) is 0.440. The Bertz CT molecular complexity index is 175. The zero-order valence-corrected chi connectivity index (χ0v) is 9.04. The van der Waals surface area contributed by atoms with Crippen LogP contribution in [-0.4, -0.2) is 29.6 Å². The van der Waals surface area contributed by atoms with Gasteiger partial charge in [0, 0.05) is 43.3 Å². The van der Waals surface area contributed by atoms with Crippen LogP contribution in [0.15, 0.2) is 4.36 Å². The molecule has 0 aliphatic heterocycles. The summed E-state index contributed by atoms with van der Waals surface area (Å²) in [4.78, 5) is 9.51. The molecule has 0 spiro atoms. The summed E-state index contributed by atoms with van der Waals surface area (Å²) in [5, 5.41) is 0. The van der Waals surface area contributed by atoms with E-state index in [1.54, 1.807) is 0 Å². The summed E-state index contributed by atoms with van der Waals surface area (Å²) < 4.78 is 14.1. The SMILES string of the molecule is CS(C)(=O)=NC[C-]=O.[W]. The van der Waals surface area contributed by atoms with E-state index in [0.717, 1.165) is 0 Å². The topological polar surface area (TPSA) is 46.5 Å². The molecule has 0 bridgehead atoms. The Morgan fingerprint density at radius 1 is 1.56 bits per heavy atom. The minimum absolute atomic E-state index is 0. The van der Waals surface area contributed by atoms with E-state index in [1.807, 2.05) is 0 Å². The molecular formula is C4H8NO2SW-. The molecule has 0 aromatic rings. The summed E-state index contributed by atoms with van der Waals surface area (Å²) in [6.07, 6.45) is 4.48. The summed E-state index contributed by atoms with van der Waals surface area (Å²) in [6.45, 7) is -0.0775. The van der Waals surface area contributed by atoms with E-state index in [-0.39, 0.29) is 27.6 Å². The Kier molecular flexibility index (Phi) is 6.85. The van der Waals surface area contributed by atoms with Crippen LogP contribution in [0.5, 0.6) is 0 Å². The standard InChI is InChI=1S/C4H8NO2S.W/c1-8(2,7)5-3-4-6;/h3H2,1-2H3;/q-1;. The Morgan fingerprint density at radius 2 is 2.00 bits per heavy atom.